The number of rotatable bonds is 7. The van der Waals surface area contributed by atoms with Crippen molar-refractivity contribution in [2.45, 2.75) is 0 Å². The van der Waals surface area contributed by atoms with Crippen molar-refractivity contribution in [3.8, 4) is 17.0 Å². The van der Waals surface area contributed by atoms with E-state index < -0.39 is 12.6 Å². The number of nitrogens with one attached hydrogen (secondary N) is 1. The number of carboxylic acid groups (broad SMARTS) is 1. The van der Waals surface area contributed by atoms with Gasteiger partial charge in [-0.3, -0.25) is 4.79 Å². The molecule has 0 saturated heterocycles. The van der Waals surface area contributed by atoms with Crippen molar-refractivity contribution in [3.05, 3.63) is 96.1 Å². The summed E-state index contributed by atoms with van der Waals surface area (Å²) < 4.78 is 5.25. The minimum atomic E-state index is -1.08. The number of carbonyl (C=O) groups excluding carboxylic acids is 1. The van der Waals surface area contributed by atoms with Crippen molar-refractivity contribution in [1.82, 2.24) is 10.4 Å². The second-order valence-corrected chi connectivity index (χ2v) is 6.86. The number of para-hydroxylation sites is 2. The highest BCUT2D eigenvalue weighted by Crippen LogP contribution is 2.24. The van der Waals surface area contributed by atoms with Gasteiger partial charge in [-0.1, -0.05) is 60.7 Å². The smallest absolute Gasteiger partial charge is 0.341 e. The number of fused-ring (bicyclic) bond motifs is 1. The number of amides is 1. The number of pyridine rings is 1. The summed E-state index contributed by atoms with van der Waals surface area (Å²) >= 11 is 0. The van der Waals surface area contributed by atoms with E-state index in [1.54, 1.807) is 30.3 Å². The molecule has 3 aromatic carbocycles. The van der Waals surface area contributed by atoms with Crippen LogP contribution in [-0.2, 0) is 4.79 Å². The number of ether oxygens (including phenoxy) is 1. The molecular formula is C25H19N3O4. The van der Waals surface area contributed by atoms with Gasteiger partial charge in [0.25, 0.3) is 5.91 Å². The molecule has 7 nitrogen and oxygen atoms in total. The molecule has 0 aliphatic heterocycles. The molecule has 4 aromatic rings. The van der Waals surface area contributed by atoms with E-state index >= 15 is 0 Å². The first-order valence-corrected chi connectivity index (χ1v) is 9.84. The van der Waals surface area contributed by atoms with Crippen LogP contribution in [0, 0.1) is 0 Å². The summed E-state index contributed by atoms with van der Waals surface area (Å²) in [6.45, 7) is -0.470. The van der Waals surface area contributed by atoms with Crippen molar-refractivity contribution in [2.24, 2.45) is 5.10 Å². The summed E-state index contributed by atoms with van der Waals surface area (Å²) in [4.78, 5) is 28.4. The van der Waals surface area contributed by atoms with E-state index in [2.05, 4.69) is 15.5 Å². The standard InChI is InChI=1S/C25H19N3O4/c29-24(30)16-32-23-13-7-4-10-18(23)15-26-28-25(31)20-14-22(17-8-2-1-3-9-17)27-21-12-6-5-11-19(20)21/h1-15H,16H2,(H,28,31)(H,29,30)/b26-15-. The van der Waals surface area contributed by atoms with E-state index in [-0.39, 0.29) is 5.91 Å². The monoisotopic (exact) mass is 425 g/mol. The van der Waals surface area contributed by atoms with Crippen LogP contribution in [-0.4, -0.2) is 34.8 Å². The van der Waals surface area contributed by atoms with Gasteiger partial charge in [0.1, 0.15) is 5.75 Å². The third-order valence-corrected chi connectivity index (χ3v) is 4.67. The quantitative estimate of drug-likeness (QED) is 0.343. The Kier molecular flexibility index (Phi) is 6.17. The van der Waals surface area contributed by atoms with Crippen molar-refractivity contribution < 1.29 is 19.4 Å². The van der Waals surface area contributed by atoms with Crippen molar-refractivity contribution in [2.75, 3.05) is 6.61 Å². The lowest BCUT2D eigenvalue weighted by Crippen LogP contribution is -2.18. The number of carbonyl (C=O) groups is 2. The van der Waals surface area contributed by atoms with E-state index in [9.17, 15) is 9.59 Å². The Labute approximate surface area is 184 Å². The second-order valence-electron chi connectivity index (χ2n) is 6.86. The molecule has 0 radical (unpaired) electrons. The van der Waals surface area contributed by atoms with Crippen molar-refractivity contribution in [3.63, 3.8) is 0 Å². The number of hydrazone groups is 1. The number of benzene rings is 3. The molecule has 0 saturated carbocycles. The summed E-state index contributed by atoms with van der Waals surface area (Å²) in [5, 5.41) is 13.6. The molecule has 1 aromatic heterocycles. The van der Waals surface area contributed by atoms with Crippen LogP contribution < -0.4 is 10.2 Å². The molecule has 32 heavy (non-hydrogen) atoms. The van der Waals surface area contributed by atoms with E-state index in [0.29, 0.717) is 33.5 Å². The van der Waals surface area contributed by atoms with Gasteiger partial charge in [0.05, 0.1) is 23.0 Å². The van der Waals surface area contributed by atoms with E-state index in [4.69, 9.17) is 9.84 Å². The Morgan fingerprint density at radius 2 is 1.69 bits per heavy atom. The molecule has 2 N–H and O–H groups in total. The van der Waals surface area contributed by atoms with Crippen molar-refractivity contribution >= 4 is 29.0 Å². The Bertz CT molecular complexity index is 1300. The maximum atomic E-state index is 13.0. The first-order chi connectivity index (χ1) is 15.6. The van der Waals surface area contributed by atoms with E-state index in [0.717, 1.165) is 5.56 Å². The van der Waals surface area contributed by atoms with Crippen LogP contribution in [0.4, 0.5) is 0 Å². The van der Waals surface area contributed by atoms with Crippen LogP contribution in [0.1, 0.15) is 15.9 Å². The van der Waals surface area contributed by atoms with Crippen LogP contribution >= 0.6 is 0 Å². The fourth-order valence-corrected chi connectivity index (χ4v) is 3.20. The van der Waals surface area contributed by atoms with Crippen LogP contribution in [0.3, 0.4) is 0 Å². The van der Waals surface area contributed by atoms with Gasteiger partial charge in [-0.05, 0) is 24.3 Å². The fourth-order valence-electron chi connectivity index (χ4n) is 3.20. The molecule has 0 atom stereocenters. The number of aromatic nitrogens is 1. The highest BCUT2D eigenvalue weighted by molar-refractivity contribution is 6.07. The van der Waals surface area contributed by atoms with Crippen molar-refractivity contribution in [1.29, 1.82) is 0 Å². The number of nitrogens with zero attached hydrogens (tertiary/aromatic N) is 2. The SMILES string of the molecule is O=C(O)COc1ccccc1/C=N\NC(=O)c1cc(-c2ccccc2)nc2ccccc12. The zero-order valence-electron chi connectivity index (χ0n) is 16.9. The molecule has 158 valence electrons. The van der Waals surface area contributed by atoms with Crippen LogP contribution in [0.2, 0.25) is 0 Å². The molecule has 0 aliphatic carbocycles. The lowest BCUT2D eigenvalue weighted by Gasteiger charge is -2.09. The van der Waals surface area contributed by atoms with E-state index in [1.807, 2.05) is 54.6 Å². The van der Waals surface area contributed by atoms with Gasteiger partial charge < -0.3 is 9.84 Å². The molecule has 1 amide bonds. The Morgan fingerprint density at radius 1 is 0.969 bits per heavy atom. The minimum absolute atomic E-state index is 0.355. The molecule has 0 unspecified atom stereocenters. The van der Waals surface area contributed by atoms with Crippen LogP contribution in [0.5, 0.6) is 5.75 Å². The van der Waals surface area contributed by atoms with Gasteiger partial charge in [-0.15, -0.1) is 0 Å². The first kappa shape index (κ1) is 20.7. The molecule has 0 fully saturated rings. The molecule has 0 aliphatic rings. The van der Waals surface area contributed by atoms with E-state index in [1.165, 1.54) is 6.21 Å². The van der Waals surface area contributed by atoms with Crippen LogP contribution in [0.25, 0.3) is 22.2 Å². The molecule has 7 heteroatoms. The maximum absolute atomic E-state index is 13.0. The lowest BCUT2D eigenvalue weighted by atomic mass is 10.0. The zero-order chi connectivity index (χ0) is 22.3. The van der Waals surface area contributed by atoms with Gasteiger partial charge >= 0.3 is 5.97 Å². The normalized spacial score (nSPS) is 10.9. The number of hydrogen-bond donors (Lipinski definition) is 2. The fraction of sp³-hybridized carbons (Fsp3) is 0.0400. The molecular weight excluding hydrogens is 406 g/mol. The molecule has 0 spiro atoms. The Morgan fingerprint density at radius 3 is 2.50 bits per heavy atom. The Balaban J connectivity index is 1.60. The maximum Gasteiger partial charge on any atom is 0.341 e. The average Bonchev–Trinajstić information content (AvgIpc) is 2.83. The zero-order valence-corrected chi connectivity index (χ0v) is 16.9. The molecule has 4 rings (SSSR count). The molecule has 0 bridgehead atoms. The third kappa shape index (κ3) is 4.79. The van der Waals surface area contributed by atoms with Gasteiger partial charge in [-0.2, -0.15) is 5.10 Å². The summed E-state index contributed by atoms with van der Waals surface area (Å²) in [6, 6.07) is 25.6. The number of aliphatic carboxylic acids is 1. The van der Waals surface area contributed by atoms with Gasteiger partial charge in [0.2, 0.25) is 0 Å². The summed E-state index contributed by atoms with van der Waals surface area (Å²) in [5.74, 6) is -1.11. The predicted octanol–water partition coefficient (Wildman–Crippen LogP) is 4.13. The first-order valence-electron chi connectivity index (χ1n) is 9.84. The molecule has 1 heterocycles. The minimum Gasteiger partial charge on any atom is -0.481 e. The summed E-state index contributed by atoms with van der Waals surface area (Å²) in [5.41, 5.74) is 5.82. The average molecular weight is 425 g/mol. The highest BCUT2D eigenvalue weighted by Gasteiger charge is 2.13. The van der Waals surface area contributed by atoms with Gasteiger partial charge in [0, 0.05) is 16.5 Å². The predicted molar refractivity (Wildman–Crippen MR) is 122 cm³/mol. The second kappa shape index (κ2) is 9.53. The van der Waals surface area contributed by atoms with Crippen LogP contribution in [0.15, 0.2) is 90.0 Å². The summed E-state index contributed by atoms with van der Waals surface area (Å²) in [7, 11) is 0. The largest absolute Gasteiger partial charge is 0.481 e. The number of hydrogen-bond acceptors (Lipinski definition) is 5. The van der Waals surface area contributed by atoms with Gasteiger partial charge in [0.15, 0.2) is 6.61 Å². The summed E-state index contributed by atoms with van der Waals surface area (Å²) in [6.07, 6.45) is 1.41. The Hall–Kier alpha value is -4.52. The van der Waals surface area contributed by atoms with Gasteiger partial charge in [-0.25, -0.2) is 15.2 Å². The third-order valence-electron chi connectivity index (χ3n) is 4.67. The number of carboxylic acids is 1. The topological polar surface area (TPSA) is 101 Å². The lowest BCUT2D eigenvalue weighted by molar-refractivity contribution is -0.139. The highest BCUT2D eigenvalue weighted by atomic mass is 16.5.